The fourth-order valence-electron chi connectivity index (χ4n) is 2.43. The van der Waals surface area contributed by atoms with Crippen molar-refractivity contribution in [2.75, 3.05) is 5.32 Å². The zero-order chi connectivity index (χ0) is 14.1. The highest BCUT2D eigenvalue weighted by molar-refractivity contribution is 7.16. The molecule has 1 amide bonds. The predicted molar refractivity (Wildman–Crippen MR) is 74.6 cm³/mol. The first kappa shape index (κ1) is 12.8. The molecule has 1 atom stereocenters. The van der Waals surface area contributed by atoms with Gasteiger partial charge in [0.1, 0.15) is 17.4 Å². The molecule has 0 bridgehead atoms. The summed E-state index contributed by atoms with van der Waals surface area (Å²) in [5.41, 5.74) is 1.70. The third-order valence-corrected chi connectivity index (χ3v) is 4.65. The van der Waals surface area contributed by atoms with Crippen LogP contribution in [0.25, 0.3) is 0 Å². The summed E-state index contributed by atoms with van der Waals surface area (Å²) >= 11 is 1.50. The van der Waals surface area contributed by atoms with Gasteiger partial charge in [0, 0.05) is 4.88 Å². The van der Waals surface area contributed by atoms with E-state index in [1.54, 1.807) is 0 Å². The van der Waals surface area contributed by atoms with Gasteiger partial charge in [0.15, 0.2) is 0 Å². The summed E-state index contributed by atoms with van der Waals surface area (Å²) in [7, 11) is 0. The second-order valence-corrected chi connectivity index (χ2v) is 6.06. The molecule has 0 saturated heterocycles. The second-order valence-electron chi connectivity index (χ2n) is 4.96. The van der Waals surface area contributed by atoms with Crippen LogP contribution in [0.1, 0.15) is 40.0 Å². The molecule has 0 radical (unpaired) electrons. The molecule has 0 fully saturated rings. The minimum atomic E-state index is -0.370. The van der Waals surface area contributed by atoms with Crippen molar-refractivity contribution in [3.8, 4) is 6.07 Å². The number of nitrogens with one attached hydrogen (secondary N) is 2. The molecular formula is C13H13N5OS. The van der Waals surface area contributed by atoms with E-state index in [1.165, 1.54) is 22.5 Å². The number of hydrogen-bond donors (Lipinski definition) is 2. The van der Waals surface area contributed by atoms with Gasteiger partial charge >= 0.3 is 0 Å². The zero-order valence-corrected chi connectivity index (χ0v) is 11.8. The lowest BCUT2D eigenvalue weighted by Crippen LogP contribution is -2.13. The lowest BCUT2D eigenvalue weighted by Gasteiger charge is -2.17. The van der Waals surface area contributed by atoms with Crippen LogP contribution in [-0.4, -0.2) is 21.1 Å². The van der Waals surface area contributed by atoms with Crippen molar-refractivity contribution >= 4 is 22.2 Å². The lowest BCUT2D eigenvalue weighted by atomic mass is 9.89. The topological polar surface area (TPSA) is 94.5 Å². The van der Waals surface area contributed by atoms with E-state index < -0.39 is 0 Å². The van der Waals surface area contributed by atoms with Crippen LogP contribution in [0.2, 0.25) is 0 Å². The number of rotatable bonds is 2. The average molecular weight is 287 g/mol. The molecule has 6 nitrogen and oxygen atoms in total. The summed E-state index contributed by atoms with van der Waals surface area (Å²) < 4.78 is 0. The first-order valence-electron chi connectivity index (χ1n) is 6.40. The van der Waals surface area contributed by atoms with Crippen molar-refractivity contribution in [2.45, 2.75) is 26.2 Å². The highest BCUT2D eigenvalue weighted by Gasteiger charge is 2.25. The number of H-pyrrole nitrogens is 1. The van der Waals surface area contributed by atoms with E-state index in [0.717, 1.165) is 24.8 Å². The largest absolute Gasteiger partial charge is 0.310 e. The second kappa shape index (κ2) is 5.06. The van der Waals surface area contributed by atoms with Crippen molar-refractivity contribution < 1.29 is 4.79 Å². The van der Waals surface area contributed by atoms with E-state index in [2.05, 4.69) is 33.5 Å². The van der Waals surface area contributed by atoms with Crippen molar-refractivity contribution in [2.24, 2.45) is 5.92 Å². The standard InChI is InChI=1S/C13H13N5OS/c1-7-2-3-8-9(5-14)13(20-10(8)4-7)17-12(19)11-15-6-16-18-11/h6-7H,2-4H2,1H3,(H,17,19)(H,15,16,18). The number of nitrogens with zero attached hydrogens (tertiary/aromatic N) is 3. The quantitative estimate of drug-likeness (QED) is 0.884. The molecule has 1 aliphatic carbocycles. The molecule has 1 unspecified atom stereocenters. The Hall–Kier alpha value is -2.20. The number of fused-ring (bicyclic) bond motifs is 1. The van der Waals surface area contributed by atoms with E-state index in [-0.39, 0.29) is 11.7 Å². The maximum absolute atomic E-state index is 12.0. The minimum absolute atomic E-state index is 0.147. The van der Waals surface area contributed by atoms with Crippen LogP contribution in [-0.2, 0) is 12.8 Å². The molecule has 2 heterocycles. The Balaban J connectivity index is 1.91. The molecule has 0 aliphatic heterocycles. The van der Waals surface area contributed by atoms with Crippen molar-refractivity contribution in [1.29, 1.82) is 5.26 Å². The Bertz CT molecular complexity index is 682. The van der Waals surface area contributed by atoms with E-state index in [0.29, 0.717) is 16.5 Å². The molecule has 0 spiro atoms. The Morgan fingerprint density at radius 3 is 3.20 bits per heavy atom. The molecule has 3 rings (SSSR count). The molecule has 2 aromatic rings. The number of aromatic nitrogens is 3. The number of carbonyl (C=O) groups is 1. The van der Waals surface area contributed by atoms with E-state index in [1.807, 2.05) is 0 Å². The Kier molecular flexibility index (Phi) is 3.24. The maximum Gasteiger partial charge on any atom is 0.293 e. The van der Waals surface area contributed by atoms with E-state index in [4.69, 9.17) is 0 Å². The number of amides is 1. The summed E-state index contributed by atoms with van der Waals surface area (Å²) in [4.78, 5) is 17.0. The van der Waals surface area contributed by atoms with Crippen LogP contribution < -0.4 is 5.32 Å². The van der Waals surface area contributed by atoms with Gasteiger partial charge in [-0.25, -0.2) is 4.98 Å². The molecule has 20 heavy (non-hydrogen) atoms. The van der Waals surface area contributed by atoms with Gasteiger partial charge in [-0.2, -0.15) is 10.4 Å². The highest BCUT2D eigenvalue weighted by atomic mass is 32.1. The number of nitriles is 1. The van der Waals surface area contributed by atoms with Crippen molar-refractivity contribution in [3.63, 3.8) is 0 Å². The fraction of sp³-hybridized carbons (Fsp3) is 0.385. The van der Waals surface area contributed by atoms with Gasteiger partial charge in [-0.15, -0.1) is 11.3 Å². The van der Waals surface area contributed by atoms with Crippen LogP contribution in [0.4, 0.5) is 5.00 Å². The summed E-state index contributed by atoms with van der Waals surface area (Å²) in [6, 6.07) is 2.22. The van der Waals surface area contributed by atoms with Crippen LogP contribution in [0.3, 0.4) is 0 Å². The first-order valence-corrected chi connectivity index (χ1v) is 7.22. The fourth-order valence-corrected chi connectivity index (χ4v) is 3.79. The maximum atomic E-state index is 12.0. The Morgan fingerprint density at radius 1 is 1.65 bits per heavy atom. The van der Waals surface area contributed by atoms with E-state index in [9.17, 15) is 10.1 Å². The minimum Gasteiger partial charge on any atom is -0.310 e. The van der Waals surface area contributed by atoms with Gasteiger partial charge < -0.3 is 5.32 Å². The number of thiophene rings is 1. The first-order chi connectivity index (χ1) is 9.69. The van der Waals surface area contributed by atoms with Crippen LogP contribution >= 0.6 is 11.3 Å². The third kappa shape index (κ3) is 2.18. The van der Waals surface area contributed by atoms with Gasteiger partial charge in [-0.1, -0.05) is 6.92 Å². The molecule has 7 heteroatoms. The highest BCUT2D eigenvalue weighted by Crippen LogP contribution is 2.39. The number of carbonyl (C=O) groups excluding carboxylic acids is 1. The van der Waals surface area contributed by atoms with Crippen LogP contribution in [0.5, 0.6) is 0 Å². The van der Waals surface area contributed by atoms with E-state index >= 15 is 0 Å². The summed E-state index contributed by atoms with van der Waals surface area (Å²) in [5, 5.41) is 18.9. The molecular weight excluding hydrogens is 274 g/mol. The van der Waals surface area contributed by atoms with Crippen molar-refractivity contribution in [1.82, 2.24) is 15.2 Å². The number of aromatic amines is 1. The number of hydrogen-bond acceptors (Lipinski definition) is 5. The molecule has 0 saturated carbocycles. The molecule has 2 aromatic heterocycles. The summed E-state index contributed by atoms with van der Waals surface area (Å²) in [6.45, 7) is 2.21. The molecule has 1 aliphatic rings. The van der Waals surface area contributed by atoms with Crippen molar-refractivity contribution in [3.05, 3.63) is 28.2 Å². The third-order valence-electron chi connectivity index (χ3n) is 3.48. The summed E-state index contributed by atoms with van der Waals surface area (Å²) in [6.07, 6.45) is 4.26. The molecule has 102 valence electrons. The molecule has 0 aromatic carbocycles. The zero-order valence-electron chi connectivity index (χ0n) is 10.9. The Labute approximate surface area is 119 Å². The monoisotopic (exact) mass is 287 g/mol. The van der Waals surface area contributed by atoms with Gasteiger partial charge in [0.05, 0.1) is 5.56 Å². The smallest absolute Gasteiger partial charge is 0.293 e. The molecule has 2 N–H and O–H groups in total. The van der Waals surface area contributed by atoms with Crippen LogP contribution in [0, 0.1) is 17.2 Å². The normalized spacial score (nSPS) is 17.3. The summed E-state index contributed by atoms with van der Waals surface area (Å²) in [5.74, 6) is 0.407. The van der Waals surface area contributed by atoms with Gasteiger partial charge in [0.25, 0.3) is 5.91 Å². The van der Waals surface area contributed by atoms with Gasteiger partial charge in [-0.05, 0) is 30.7 Å². The Morgan fingerprint density at radius 2 is 2.50 bits per heavy atom. The number of anilines is 1. The van der Waals surface area contributed by atoms with Gasteiger partial charge in [0.2, 0.25) is 5.82 Å². The predicted octanol–water partition coefficient (Wildman–Crippen LogP) is 2.11. The average Bonchev–Trinajstić information content (AvgIpc) is 3.04. The SMILES string of the molecule is CC1CCc2c(sc(NC(=O)c3ncn[nH]3)c2C#N)C1. The van der Waals surface area contributed by atoms with Gasteiger partial charge in [-0.3, -0.25) is 9.89 Å². The lowest BCUT2D eigenvalue weighted by molar-refractivity contribution is 0.101. The van der Waals surface area contributed by atoms with Crippen LogP contribution in [0.15, 0.2) is 6.33 Å².